The second-order valence-electron chi connectivity index (χ2n) is 13.3. The molecule has 0 atom stereocenters. The highest BCUT2D eigenvalue weighted by Gasteiger charge is 2.32. The van der Waals surface area contributed by atoms with Crippen LogP contribution in [0.15, 0.2) is 66.7 Å². The van der Waals surface area contributed by atoms with Crippen molar-refractivity contribution >= 4 is 44.9 Å². The second kappa shape index (κ2) is 11.2. The van der Waals surface area contributed by atoms with Gasteiger partial charge < -0.3 is 4.57 Å². The molecule has 0 aliphatic carbocycles. The molecule has 0 saturated carbocycles. The fourth-order valence-electron chi connectivity index (χ4n) is 8.48. The third-order valence-corrected chi connectivity index (χ3v) is 10.4. The molecular formula is C42H46BN. The quantitative estimate of drug-likeness (QED) is 0.181. The lowest BCUT2D eigenvalue weighted by atomic mass is 9.32. The van der Waals surface area contributed by atoms with E-state index < -0.39 is 0 Å². The van der Waals surface area contributed by atoms with Gasteiger partial charge in [-0.05, 0) is 117 Å². The van der Waals surface area contributed by atoms with Crippen LogP contribution in [0.1, 0.15) is 62.6 Å². The number of benzene rings is 5. The number of rotatable bonds is 5. The zero-order valence-corrected chi connectivity index (χ0v) is 28.6. The van der Waals surface area contributed by atoms with E-state index >= 15 is 0 Å². The molecule has 222 valence electrons. The predicted molar refractivity (Wildman–Crippen MR) is 195 cm³/mol. The Hall–Kier alpha value is -4.04. The molecule has 0 radical (unpaired) electrons. The molecule has 6 rings (SSSR count). The van der Waals surface area contributed by atoms with Gasteiger partial charge in [-0.1, -0.05) is 109 Å². The molecule has 0 saturated heterocycles. The summed E-state index contributed by atoms with van der Waals surface area (Å²) in [4.78, 5) is 0. The number of hydrogen-bond donors (Lipinski definition) is 0. The fraction of sp³-hybridized carbons (Fsp3) is 0.286. The van der Waals surface area contributed by atoms with Gasteiger partial charge in [-0.15, -0.1) is 0 Å². The van der Waals surface area contributed by atoms with E-state index in [0.717, 1.165) is 6.54 Å². The number of aryl methyl sites for hydroxylation is 7. The number of fused-ring (bicyclic) bond motifs is 3. The maximum absolute atomic E-state index is 2.44. The van der Waals surface area contributed by atoms with Gasteiger partial charge in [0.25, 0.3) is 0 Å². The van der Waals surface area contributed by atoms with Crippen LogP contribution in [0.25, 0.3) is 32.9 Å². The van der Waals surface area contributed by atoms with Gasteiger partial charge in [-0.3, -0.25) is 0 Å². The molecule has 0 aliphatic heterocycles. The highest BCUT2D eigenvalue weighted by atomic mass is 15.0. The number of hydrogen-bond acceptors (Lipinski definition) is 0. The van der Waals surface area contributed by atoms with Crippen molar-refractivity contribution in [2.75, 3.05) is 0 Å². The van der Waals surface area contributed by atoms with E-state index in [2.05, 4.69) is 147 Å². The Morgan fingerprint density at radius 1 is 0.500 bits per heavy atom. The van der Waals surface area contributed by atoms with Crippen molar-refractivity contribution in [2.24, 2.45) is 0 Å². The largest absolute Gasteiger partial charge is 0.341 e. The molecule has 1 nitrogen and oxygen atoms in total. The summed E-state index contributed by atoms with van der Waals surface area (Å²) in [6.07, 6.45) is 0. The van der Waals surface area contributed by atoms with E-state index in [4.69, 9.17) is 0 Å². The standard InChI is InChI=1S/C42H46BN/c1-12-44-37-16-14-13-15-35(37)36-23-34(17-18-38(36)44)39-30(8)32(10)42(33(11)31(39)9)43(40-26(4)19-24(2)20-27(40)5)41-28(6)21-25(3)22-29(41)7/h13-23H,12H2,1-11H3. The van der Waals surface area contributed by atoms with Crippen molar-refractivity contribution in [3.63, 3.8) is 0 Å². The van der Waals surface area contributed by atoms with Crippen molar-refractivity contribution in [3.05, 3.63) is 122 Å². The lowest BCUT2D eigenvalue weighted by Crippen LogP contribution is -2.57. The summed E-state index contributed by atoms with van der Waals surface area (Å²) in [5, 5.41) is 2.68. The van der Waals surface area contributed by atoms with Gasteiger partial charge in [-0.2, -0.15) is 0 Å². The summed E-state index contributed by atoms with van der Waals surface area (Å²) in [6, 6.07) is 25.5. The van der Waals surface area contributed by atoms with Crippen LogP contribution in [0.5, 0.6) is 0 Å². The average molecular weight is 576 g/mol. The molecule has 0 bridgehead atoms. The van der Waals surface area contributed by atoms with E-state index in [1.807, 2.05) is 0 Å². The highest BCUT2D eigenvalue weighted by molar-refractivity contribution is 6.97. The maximum Gasteiger partial charge on any atom is 0.243 e. The Bertz CT molecular complexity index is 1970. The van der Waals surface area contributed by atoms with Gasteiger partial charge in [0.2, 0.25) is 6.71 Å². The normalized spacial score (nSPS) is 11.6. The summed E-state index contributed by atoms with van der Waals surface area (Å²) >= 11 is 0. The molecule has 6 aromatic rings. The van der Waals surface area contributed by atoms with Gasteiger partial charge >= 0.3 is 0 Å². The topological polar surface area (TPSA) is 4.93 Å². The Labute approximate surface area is 265 Å². The molecule has 0 N–H and O–H groups in total. The van der Waals surface area contributed by atoms with Crippen molar-refractivity contribution in [1.29, 1.82) is 0 Å². The summed E-state index contributed by atoms with van der Waals surface area (Å²) in [5.74, 6) is 0. The van der Waals surface area contributed by atoms with E-state index in [1.54, 1.807) is 0 Å². The van der Waals surface area contributed by atoms with Gasteiger partial charge in [0.05, 0.1) is 0 Å². The SMILES string of the molecule is CCn1c2ccccc2c2cc(-c3c(C)c(C)c(B(c4c(C)cc(C)cc4C)c4c(C)cc(C)cc4C)c(C)c3C)ccc21. The van der Waals surface area contributed by atoms with Crippen LogP contribution in [0.3, 0.4) is 0 Å². The van der Waals surface area contributed by atoms with Crippen LogP contribution >= 0.6 is 0 Å². The Morgan fingerprint density at radius 3 is 1.48 bits per heavy atom. The first kappa shape index (κ1) is 30.0. The lowest BCUT2D eigenvalue weighted by Gasteiger charge is -2.30. The minimum absolute atomic E-state index is 0.174. The van der Waals surface area contributed by atoms with Crippen molar-refractivity contribution in [2.45, 2.75) is 82.7 Å². The van der Waals surface area contributed by atoms with Crippen molar-refractivity contribution in [3.8, 4) is 11.1 Å². The molecule has 1 aromatic heterocycles. The van der Waals surface area contributed by atoms with Gasteiger partial charge in [0.1, 0.15) is 0 Å². The molecule has 0 fully saturated rings. The fourth-order valence-corrected chi connectivity index (χ4v) is 8.48. The van der Waals surface area contributed by atoms with E-state index in [1.165, 1.54) is 105 Å². The van der Waals surface area contributed by atoms with Crippen molar-refractivity contribution < 1.29 is 0 Å². The summed E-state index contributed by atoms with van der Waals surface area (Å²) < 4.78 is 2.44. The van der Waals surface area contributed by atoms with E-state index in [-0.39, 0.29) is 6.71 Å². The van der Waals surface area contributed by atoms with Gasteiger partial charge in [0, 0.05) is 28.4 Å². The third kappa shape index (κ3) is 4.62. The van der Waals surface area contributed by atoms with Crippen LogP contribution in [-0.2, 0) is 6.54 Å². The number of para-hydroxylation sites is 1. The molecule has 0 aliphatic rings. The third-order valence-electron chi connectivity index (χ3n) is 10.4. The van der Waals surface area contributed by atoms with Gasteiger partial charge in [0.15, 0.2) is 0 Å². The van der Waals surface area contributed by atoms with E-state index in [9.17, 15) is 0 Å². The first-order valence-corrected chi connectivity index (χ1v) is 16.2. The summed E-state index contributed by atoms with van der Waals surface area (Å²) in [6.45, 7) is 26.5. The second-order valence-corrected chi connectivity index (χ2v) is 13.3. The average Bonchev–Trinajstić information content (AvgIpc) is 3.28. The molecule has 0 amide bonds. The van der Waals surface area contributed by atoms with Crippen LogP contribution in [0.4, 0.5) is 0 Å². The van der Waals surface area contributed by atoms with Crippen LogP contribution in [0.2, 0.25) is 0 Å². The summed E-state index contributed by atoms with van der Waals surface area (Å²) in [7, 11) is 0. The molecular weight excluding hydrogens is 529 g/mol. The van der Waals surface area contributed by atoms with Gasteiger partial charge in [-0.25, -0.2) is 0 Å². The van der Waals surface area contributed by atoms with E-state index in [0.29, 0.717) is 0 Å². The lowest BCUT2D eigenvalue weighted by molar-refractivity contribution is 0.827. The molecule has 1 heterocycles. The zero-order chi connectivity index (χ0) is 31.6. The molecule has 0 spiro atoms. The van der Waals surface area contributed by atoms with Crippen LogP contribution in [-0.4, -0.2) is 11.3 Å². The summed E-state index contributed by atoms with van der Waals surface area (Å²) in [5.41, 5.74) is 23.5. The Kier molecular flexibility index (Phi) is 7.61. The minimum atomic E-state index is 0.174. The van der Waals surface area contributed by atoms with Crippen LogP contribution < -0.4 is 16.4 Å². The predicted octanol–water partition coefficient (Wildman–Crippen LogP) is 9.08. The smallest absolute Gasteiger partial charge is 0.243 e. The minimum Gasteiger partial charge on any atom is -0.341 e. The molecule has 5 aromatic carbocycles. The van der Waals surface area contributed by atoms with Crippen LogP contribution in [0, 0.1) is 69.2 Å². The molecule has 0 unspecified atom stereocenters. The maximum atomic E-state index is 2.44. The molecule has 2 heteroatoms. The molecule has 44 heavy (non-hydrogen) atoms. The number of aromatic nitrogens is 1. The zero-order valence-electron chi connectivity index (χ0n) is 28.6. The Balaban J connectivity index is 1.65. The number of nitrogens with zero attached hydrogens (tertiary/aromatic N) is 1. The van der Waals surface area contributed by atoms with Crippen molar-refractivity contribution in [1.82, 2.24) is 4.57 Å². The monoisotopic (exact) mass is 575 g/mol. The Morgan fingerprint density at radius 2 is 0.977 bits per heavy atom. The highest BCUT2D eigenvalue weighted by Crippen LogP contribution is 2.36. The first-order valence-electron chi connectivity index (χ1n) is 16.2. The first-order chi connectivity index (χ1) is 20.9.